The van der Waals surface area contributed by atoms with E-state index in [1.165, 1.54) is 11.3 Å². The SMILES string of the molecule is CC(C)(C)n1ccc(C(=O)NCC(=O)Nc2nc(-c3cnc4c(c3)CN(C(=O)c3ccccc3)CC4)cs2)c1. The predicted octanol–water partition coefficient (Wildman–Crippen LogP) is 4.33. The Bertz CT molecular complexity index is 1520. The van der Waals surface area contributed by atoms with E-state index in [4.69, 9.17) is 0 Å². The molecule has 200 valence electrons. The fraction of sp³-hybridized carbons (Fsp3) is 0.276. The van der Waals surface area contributed by atoms with Gasteiger partial charge in [0.1, 0.15) is 0 Å². The van der Waals surface area contributed by atoms with Gasteiger partial charge >= 0.3 is 0 Å². The molecule has 0 saturated heterocycles. The van der Waals surface area contributed by atoms with Crippen LogP contribution in [0.4, 0.5) is 5.13 Å². The van der Waals surface area contributed by atoms with Crippen LogP contribution in [0.1, 0.15) is 52.7 Å². The van der Waals surface area contributed by atoms with Crippen molar-refractivity contribution >= 4 is 34.2 Å². The molecular formula is C29H30N6O3S. The van der Waals surface area contributed by atoms with Crippen molar-refractivity contribution in [2.24, 2.45) is 0 Å². The second-order valence-electron chi connectivity index (χ2n) is 10.4. The maximum Gasteiger partial charge on any atom is 0.254 e. The standard InChI is InChI=1S/C29H30N6O3S/c1-29(2,3)35-12-9-20(17-35)26(37)31-15-25(36)33-28-32-24(18-39-28)21-13-22-16-34(11-10-23(22)30-14-21)27(38)19-7-5-4-6-8-19/h4-9,12-14,17-18H,10-11,15-16H2,1-3H3,(H,31,37)(H,32,33,36). The van der Waals surface area contributed by atoms with Gasteiger partial charge < -0.3 is 20.1 Å². The van der Waals surface area contributed by atoms with Crippen LogP contribution in [0.25, 0.3) is 11.3 Å². The first-order valence-electron chi connectivity index (χ1n) is 12.7. The molecule has 4 heterocycles. The number of carbonyl (C=O) groups is 3. The van der Waals surface area contributed by atoms with Gasteiger partial charge in [-0.2, -0.15) is 0 Å². The van der Waals surface area contributed by atoms with Crippen LogP contribution in [-0.4, -0.2) is 50.2 Å². The minimum Gasteiger partial charge on any atom is -0.348 e. The molecule has 3 aromatic heterocycles. The summed E-state index contributed by atoms with van der Waals surface area (Å²) in [7, 11) is 0. The average molecular weight is 543 g/mol. The van der Waals surface area contributed by atoms with E-state index in [9.17, 15) is 14.4 Å². The summed E-state index contributed by atoms with van der Waals surface area (Å²) in [4.78, 5) is 48.8. The minimum absolute atomic E-state index is 0.00386. The molecule has 10 heteroatoms. The lowest BCUT2D eigenvalue weighted by atomic mass is 10.0. The summed E-state index contributed by atoms with van der Waals surface area (Å²) >= 11 is 1.30. The maximum absolute atomic E-state index is 12.9. The number of anilines is 1. The molecule has 0 aliphatic carbocycles. The third-order valence-electron chi connectivity index (χ3n) is 6.53. The zero-order valence-corrected chi connectivity index (χ0v) is 22.9. The molecule has 0 bridgehead atoms. The summed E-state index contributed by atoms with van der Waals surface area (Å²) in [5, 5.41) is 7.68. The van der Waals surface area contributed by atoms with Gasteiger partial charge in [-0.15, -0.1) is 11.3 Å². The molecule has 39 heavy (non-hydrogen) atoms. The molecule has 9 nitrogen and oxygen atoms in total. The summed E-state index contributed by atoms with van der Waals surface area (Å²) in [5.74, 6) is -0.671. The van der Waals surface area contributed by atoms with Gasteiger partial charge in [0.2, 0.25) is 5.91 Å². The van der Waals surface area contributed by atoms with Crippen LogP contribution in [-0.2, 0) is 23.3 Å². The molecule has 0 unspecified atom stereocenters. The van der Waals surface area contributed by atoms with Crippen LogP contribution >= 0.6 is 11.3 Å². The quantitative estimate of drug-likeness (QED) is 0.377. The van der Waals surface area contributed by atoms with Crippen LogP contribution in [0.5, 0.6) is 0 Å². The lowest BCUT2D eigenvalue weighted by Gasteiger charge is -2.28. The highest BCUT2D eigenvalue weighted by Crippen LogP contribution is 2.28. The van der Waals surface area contributed by atoms with Crippen molar-refractivity contribution in [2.45, 2.75) is 39.3 Å². The summed E-state index contributed by atoms with van der Waals surface area (Å²) in [6.45, 7) is 7.08. The van der Waals surface area contributed by atoms with Gasteiger partial charge in [0.15, 0.2) is 5.13 Å². The van der Waals surface area contributed by atoms with Gasteiger partial charge in [0, 0.05) is 65.8 Å². The van der Waals surface area contributed by atoms with Gasteiger partial charge in [-0.1, -0.05) is 18.2 Å². The normalized spacial score (nSPS) is 13.1. The van der Waals surface area contributed by atoms with Crippen molar-refractivity contribution in [3.8, 4) is 11.3 Å². The largest absolute Gasteiger partial charge is 0.348 e. The highest BCUT2D eigenvalue weighted by molar-refractivity contribution is 7.14. The van der Waals surface area contributed by atoms with Crippen LogP contribution < -0.4 is 10.6 Å². The van der Waals surface area contributed by atoms with Crippen molar-refractivity contribution < 1.29 is 14.4 Å². The van der Waals surface area contributed by atoms with Gasteiger partial charge in [-0.05, 0) is 50.6 Å². The Hall–Kier alpha value is -4.31. The van der Waals surface area contributed by atoms with Crippen LogP contribution in [0.2, 0.25) is 0 Å². The van der Waals surface area contributed by atoms with E-state index in [-0.39, 0.29) is 29.8 Å². The number of nitrogens with one attached hydrogen (secondary N) is 2. The topological polar surface area (TPSA) is 109 Å². The van der Waals surface area contributed by atoms with Gasteiger partial charge in [0.25, 0.3) is 11.8 Å². The number of nitrogens with zero attached hydrogens (tertiary/aromatic N) is 4. The number of carbonyl (C=O) groups excluding carboxylic acids is 3. The third kappa shape index (κ3) is 6.06. The fourth-order valence-electron chi connectivity index (χ4n) is 4.34. The van der Waals surface area contributed by atoms with Crippen molar-refractivity contribution in [2.75, 3.05) is 18.4 Å². The van der Waals surface area contributed by atoms with Gasteiger partial charge in [-0.3, -0.25) is 19.4 Å². The van der Waals surface area contributed by atoms with Crippen molar-refractivity contribution in [1.82, 2.24) is 24.8 Å². The van der Waals surface area contributed by atoms with E-state index in [2.05, 4.69) is 20.6 Å². The Morgan fingerprint density at radius 2 is 1.87 bits per heavy atom. The Labute approximate surface area is 230 Å². The minimum atomic E-state index is -0.363. The van der Waals surface area contributed by atoms with E-state index in [0.717, 1.165) is 16.8 Å². The number of hydrogen-bond donors (Lipinski definition) is 2. The number of hydrogen-bond acceptors (Lipinski definition) is 6. The molecule has 0 saturated carbocycles. The second kappa shape index (κ2) is 10.8. The number of thiazole rings is 1. The molecule has 0 spiro atoms. The summed E-state index contributed by atoms with van der Waals surface area (Å²) in [6.07, 6.45) is 6.08. The molecule has 0 atom stereocenters. The van der Waals surface area contributed by atoms with E-state index in [0.29, 0.717) is 41.5 Å². The maximum atomic E-state index is 12.9. The zero-order chi connectivity index (χ0) is 27.6. The molecule has 5 rings (SSSR count). The molecule has 2 N–H and O–H groups in total. The van der Waals surface area contributed by atoms with Crippen molar-refractivity contribution in [3.63, 3.8) is 0 Å². The molecule has 0 radical (unpaired) electrons. The lowest BCUT2D eigenvalue weighted by Crippen LogP contribution is -2.36. The van der Waals surface area contributed by atoms with Crippen LogP contribution in [0.15, 0.2) is 66.4 Å². The Morgan fingerprint density at radius 3 is 2.62 bits per heavy atom. The third-order valence-corrected chi connectivity index (χ3v) is 7.29. The van der Waals surface area contributed by atoms with Crippen LogP contribution in [0.3, 0.4) is 0 Å². The smallest absolute Gasteiger partial charge is 0.254 e. The highest BCUT2D eigenvalue weighted by Gasteiger charge is 2.23. The number of pyridine rings is 1. The van der Waals surface area contributed by atoms with E-state index in [1.54, 1.807) is 18.5 Å². The number of rotatable bonds is 6. The number of fused-ring (bicyclic) bond motifs is 1. The second-order valence-corrected chi connectivity index (χ2v) is 11.3. The van der Waals surface area contributed by atoms with Crippen molar-refractivity contribution in [3.05, 3.63) is 88.8 Å². The molecule has 0 fully saturated rings. The zero-order valence-electron chi connectivity index (χ0n) is 22.1. The Kier molecular flexibility index (Phi) is 7.30. The van der Waals surface area contributed by atoms with Gasteiger partial charge in [0.05, 0.1) is 17.8 Å². The van der Waals surface area contributed by atoms with E-state index in [1.807, 2.05) is 78.2 Å². The molecular weight excluding hydrogens is 512 g/mol. The Morgan fingerprint density at radius 1 is 1.08 bits per heavy atom. The van der Waals surface area contributed by atoms with E-state index < -0.39 is 0 Å². The summed E-state index contributed by atoms with van der Waals surface area (Å²) in [5.41, 5.74) is 4.51. The number of benzene rings is 1. The van der Waals surface area contributed by atoms with E-state index >= 15 is 0 Å². The summed E-state index contributed by atoms with van der Waals surface area (Å²) in [6, 6.07) is 13.0. The Balaban J connectivity index is 1.19. The van der Waals surface area contributed by atoms with Crippen molar-refractivity contribution in [1.29, 1.82) is 0 Å². The van der Waals surface area contributed by atoms with Gasteiger partial charge in [-0.25, -0.2) is 4.98 Å². The number of aromatic nitrogens is 3. The molecule has 1 aliphatic rings. The fourth-order valence-corrected chi connectivity index (χ4v) is 5.08. The first kappa shape index (κ1) is 26.3. The molecule has 3 amide bonds. The average Bonchev–Trinajstić information content (AvgIpc) is 3.62. The molecule has 4 aromatic rings. The highest BCUT2D eigenvalue weighted by atomic mass is 32.1. The summed E-state index contributed by atoms with van der Waals surface area (Å²) < 4.78 is 1.95. The first-order chi connectivity index (χ1) is 18.7. The van der Waals surface area contributed by atoms with Crippen LogP contribution in [0, 0.1) is 0 Å². The first-order valence-corrected chi connectivity index (χ1v) is 13.6. The lowest BCUT2D eigenvalue weighted by molar-refractivity contribution is -0.115. The number of amides is 3. The molecule has 1 aromatic carbocycles. The molecule has 1 aliphatic heterocycles. The monoisotopic (exact) mass is 542 g/mol. The predicted molar refractivity (Wildman–Crippen MR) is 151 cm³/mol.